The molecule has 2 aromatic rings. The molecule has 0 fully saturated rings. The van der Waals surface area contributed by atoms with Crippen LogP contribution in [-0.2, 0) is 11.2 Å². The van der Waals surface area contributed by atoms with Gasteiger partial charge in [-0.2, -0.15) is 0 Å². The second kappa shape index (κ2) is 9.80. The second-order valence-corrected chi connectivity index (χ2v) is 8.01. The molecule has 3 rings (SSSR count). The topological polar surface area (TPSA) is 41.6 Å². The van der Waals surface area contributed by atoms with Crippen molar-refractivity contribution in [2.24, 2.45) is 0 Å². The van der Waals surface area contributed by atoms with E-state index in [2.05, 4.69) is 26.1 Å². The maximum atomic E-state index is 13.7. The summed E-state index contributed by atoms with van der Waals surface area (Å²) in [6.07, 6.45) is 2.61. The van der Waals surface area contributed by atoms with E-state index in [1.807, 2.05) is 29.8 Å². The number of ether oxygens (including phenoxy) is 1. The number of nitrogens with one attached hydrogen (secondary N) is 1. The lowest BCUT2D eigenvalue weighted by Crippen LogP contribution is -2.40. The summed E-state index contributed by atoms with van der Waals surface area (Å²) in [5.41, 5.74) is 0.702. The van der Waals surface area contributed by atoms with Gasteiger partial charge in [-0.05, 0) is 47.7 Å². The summed E-state index contributed by atoms with van der Waals surface area (Å²) in [6, 6.07) is 14.2. The summed E-state index contributed by atoms with van der Waals surface area (Å²) in [5.74, 6) is 0.305. The van der Waals surface area contributed by atoms with Gasteiger partial charge < -0.3 is 15.0 Å². The predicted octanol–water partition coefficient (Wildman–Crippen LogP) is 4.17. The van der Waals surface area contributed by atoms with Crippen LogP contribution in [0.5, 0.6) is 5.75 Å². The highest BCUT2D eigenvalue weighted by Gasteiger charge is 2.20. The third-order valence-corrected chi connectivity index (χ3v) is 5.67. The fourth-order valence-electron chi connectivity index (χ4n) is 2.64. The first kappa shape index (κ1) is 19.8. The van der Waals surface area contributed by atoms with Gasteiger partial charge in [-0.1, -0.05) is 34.1 Å². The van der Waals surface area contributed by atoms with Crippen molar-refractivity contribution < 1.29 is 13.9 Å². The van der Waals surface area contributed by atoms with E-state index < -0.39 is 0 Å². The van der Waals surface area contributed by atoms with Crippen molar-refractivity contribution in [1.29, 1.82) is 0 Å². The average Bonchev–Trinajstić information content (AvgIpc) is 3.13. The number of benzene rings is 2. The molecule has 27 heavy (non-hydrogen) atoms. The number of carbonyl (C=O) groups is 1. The molecule has 1 aliphatic heterocycles. The molecule has 7 heteroatoms. The van der Waals surface area contributed by atoms with E-state index in [-0.39, 0.29) is 23.7 Å². The summed E-state index contributed by atoms with van der Waals surface area (Å²) in [6.45, 7) is 1.17. The van der Waals surface area contributed by atoms with Crippen LogP contribution < -0.4 is 10.1 Å². The van der Waals surface area contributed by atoms with E-state index in [4.69, 9.17) is 4.74 Å². The minimum Gasteiger partial charge on any atom is -0.484 e. The summed E-state index contributed by atoms with van der Waals surface area (Å²) in [5, 5.41) is 5.00. The van der Waals surface area contributed by atoms with Crippen molar-refractivity contribution in [3.63, 3.8) is 0 Å². The zero-order valence-electron chi connectivity index (χ0n) is 14.6. The molecule has 142 valence electrons. The lowest BCUT2D eigenvalue weighted by atomic mass is 10.1. The number of nitrogens with zero attached hydrogens (tertiary/aromatic N) is 1. The first-order chi connectivity index (χ1) is 13.1. The summed E-state index contributed by atoms with van der Waals surface area (Å²) in [7, 11) is 0. The molecule has 4 nitrogen and oxygen atoms in total. The van der Waals surface area contributed by atoms with Crippen LogP contribution in [-0.4, -0.2) is 35.9 Å². The molecule has 1 atom stereocenters. The standard InChI is InChI=1S/C20H20BrFN2O2S/c21-16-5-7-17(8-6-16)26-14-19(25)23-13-20-24(11-12-27-20)10-9-15-3-1-2-4-18(15)22/h1-8,11-12,20H,9-10,13-14H2,(H,23,25). The van der Waals surface area contributed by atoms with Gasteiger partial charge in [0.15, 0.2) is 6.61 Å². The van der Waals surface area contributed by atoms with Crippen molar-refractivity contribution in [1.82, 2.24) is 10.2 Å². The Bertz CT molecular complexity index is 801. The molecular formula is C20H20BrFN2O2S. The second-order valence-electron chi connectivity index (χ2n) is 6.00. The quantitative estimate of drug-likeness (QED) is 0.654. The van der Waals surface area contributed by atoms with Crippen molar-refractivity contribution in [2.75, 3.05) is 19.7 Å². The van der Waals surface area contributed by atoms with Gasteiger partial charge in [0.1, 0.15) is 11.6 Å². The van der Waals surface area contributed by atoms with Gasteiger partial charge in [-0.3, -0.25) is 4.79 Å². The third kappa shape index (κ3) is 6.01. The normalized spacial score (nSPS) is 15.8. The minimum absolute atomic E-state index is 0.0261. The Hall–Kier alpha value is -1.99. The number of amides is 1. The van der Waals surface area contributed by atoms with Gasteiger partial charge in [-0.25, -0.2) is 4.39 Å². The van der Waals surface area contributed by atoms with Crippen LogP contribution in [0.1, 0.15) is 5.56 Å². The zero-order chi connectivity index (χ0) is 19.1. The van der Waals surface area contributed by atoms with E-state index in [9.17, 15) is 9.18 Å². The molecule has 1 amide bonds. The van der Waals surface area contributed by atoms with Gasteiger partial charge in [-0.15, -0.1) is 11.8 Å². The molecule has 0 saturated carbocycles. The van der Waals surface area contributed by atoms with Crippen molar-refractivity contribution >= 4 is 33.6 Å². The van der Waals surface area contributed by atoms with Gasteiger partial charge in [0.2, 0.25) is 0 Å². The first-order valence-electron chi connectivity index (χ1n) is 8.58. The smallest absolute Gasteiger partial charge is 0.258 e. The number of halogens is 2. The largest absolute Gasteiger partial charge is 0.484 e. The first-order valence-corrected chi connectivity index (χ1v) is 10.3. The Morgan fingerprint density at radius 3 is 2.78 bits per heavy atom. The van der Waals surface area contributed by atoms with Gasteiger partial charge in [0.25, 0.3) is 5.91 Å². The predicted molar refractivity (Wildman–Crippen MR) is 110 cm³/mol. The van der Waals surface area contributed by atoms with E-state index in [0.29, 0.717) is 30.8 Å². The van der Waals surface area contributed by atoms with Crippen LogP contribution >= 0.6 is 27.7 Å². The van der Waals surface area contributed by atoms with Gasteiger partial charge >= 0.3 is 0 Å². The fourth-order valence-corrected chi connectivity index (χ4v) is 3.83. The number of rotatable bonds is 8. The lowest BCUT2D eigenvalue weighted by Gasteiger charge is -2.25. The Morgan fingerprint density at radius 1 is 1.22 bits per heavy atom. The monoisotopic (exact) mass is 450 g/mol. The average molecular weight is 451 g/mol. The molecule has 1 N–H and O–H groups in total. The number of hydrogen-bond donors (Lipinski definition) is 1. The van der Waals surface area contributed by atoms with Crippen LogP contribution in [0.3, 0.4) is 0 Å². The van der Waals surface area contributed by atoms with Crippen molar-refractivity contribution in [2.45, 2.75) is 11.8 Å². The molecule has 0 saturated heterocycles. The summed E-state index contributed by atoms with van der Waals surface area (Å²) in [4.78, 5) is 14.1. The number of carbonyl (C=O) groups excluding carboxylic acids is 1. The Labute approximate surface area is 170 Å². The molecule has 0 spiro atoms. The van der Waals surface area contributed by atoms with Crippen LogP contribution in [0, 0.1) is 5.82 Å². The van der Waals surface area contributed by atoms with Crippen LogP contribution in [0.15, 0.2) is 64.6 Å². The maximum Gasteiger partial charge on any atom is 0.258 e. The maximum absolute atomic E-state index is 13.7. The third-order valence-electron chi connectivity index (χ3n) is 4.11. The molecular weight excluding hydrogens is 431 g/mol. The molecule has 1 unspecified atom stereocenters. The highest BCUT2D eigenvalue weighted by molar-refractivity contribution is 9.10. The number of thioether (sulfide) groups is 1. The number of hydrogen-bond acceptors (Lipinski definition) is 4. The molecule has 0 bridgehead atoms. The molecule has 2 aromatic carbocycles. The van der Waals surface area contributed by atoms with E-state index in [1.165, 1.54) is 6.07 Å². The molecule has 0 radical (unpaired) electrons. The van der Waals surface area contributed by atoms with Crippen LogP contribution in [0.2, 0.25) is 0 Å². The van der Waals surface area contributed by atoms with Gasteiger partial charge in [0, 0.05) is 23.8 Å². The van der Waals surface area contributed by atoms with Crippen LogP contribution in [0.25, 0.3) is 0 Å². The molecule has 0 aliphatic carbocycles. The fraction of sp³-hybridized carbons (Fsp3) is 0.250. The zero-order valence-corrected chi connectivity index (χ0v) is 17.0. The van der Waals surface area contributed by atoms with Crippen molar-refractivity contribution in [3.05, 3.63) is 76.0 Å². The van der Waals surface area contributed by atoms with E-state index in [0.717, 1.165) is 4.47 Å². The lowest BCUT2D eigenvalue weighted by molar-refractivity contribution is -0.123. The molecule has 1 heterocycles. The Kier molecular flexibility index (Phi) is 7.18. The minimum atomic E-state index is -0.178. The molecule has 1 aliphatic rings. The summed E-state index contributed by atoms with van der Waals surface area (Å²) >= 11 is 5.00. The van der Waals surface area contributed by atoms with Crippen LogP contribution in [0.4, 0.5) is 4.39 Å². The highest BCUT2D eigenvalue weighted by atomic mass is 79.9. The summed E-state index contributed by atoms with van der Waals surface area (Å²) < 4.78 is 20.2. The Balaban J connectivity index is 1.41. The van der Waals surface area contributed by atoms with Gasteiger partial charge in [0.05, 0.1) is 5.37 Å². The van der Waals surface area contributed by atoms with Crippen molar-refractivity contribution in [3.8, 4) is 5.75 Å². The Morgan fingerprint density at radius 2 is 2.00 bits per heavy atom. The molecule has 0 aromatic heterocycles. The van der Waals surface area contributed by atoms with E-state index in [1.54, 1.807) is 36.0 Å². The highest BCUT2D eigenvalue weighted by Crippen LogP contribution is 2.25. The van der Waals surface area contributed by atoms with E-state index >= 15 is 0 Å². The SMILES string of the molecule is O=C(COc1ccc(Br)cc1)NCC1SC=CN1CCc1ccccc1F.